The summed E-state index contributed by atoms with van der Waals surface area (Å²) in [6.45, 7) is 7.33. The van der Waals surface area contributed by atoms with Crippen molar-refractivity contribution in [3.05, 3.63) is 42.0 Å². The molecule has 2 amide bonds. The van der Waals surface area contributed by atoms with Gasteiger partial charge in [0.1, 0.15) is 12.2 Å². The van der Waals surface area contributed by atoms with Crippen LogP contribution in [0.4, 0.5) is 10.5 Å². The number of likely N-dealkylation sites (tertiary alicyclic amines) is 1. The number of benzene rings is 1. The van der Waals surface area contributed by atoms with Crippen molar-refractivity contribution < 1.29 is 9.00 Å². The van der Waals surface area contributed by atoms with Crippen LogP contribution >= 0.6 is 0 Å². The van der Waals surface area contributed by atoms with Crippen molar-refractivity contribution in [3.63, 3.8) is 0 Å². The number of hydrogen-bond acceptors (Lipinski definition) is 4. The Labute approximate surface area is 180 Å². The fourth-order valence-electron chi connectivity index (χ4n) is 3.86. The van der Waals surface area contributed by atoms with Crippen LogP contribution in [0.2, 0.25) is 0 Å². The van der Waals surface area contributed by atoms with Crippen molar-refractivity contribution in [3.8, 4) is 0 Å². The number of urea groups is 1. The Bertz CT molecular complexity index is 932. The molecule has 7 nitrogen and oxygen atoms in total. The summed E-state index contributed by atoms with van der Waals surface area (Å²) in [6, 6.07) is 8.12. The van der Waals surface area contributed by atoms with Gasteiger partial charge in [-0.1, -0.05) is 12.1 Å². The number of carbonyl (C=O) groups is 1. The molecule has 2 aliphatic rings. The van der Waals surface area contributed by atoms with Gasteiger partial charge in [0, 0.05) is 52.0 Å². The summed E-state index contributed by atoms with van der Waals surface area (Å²) in [5.74, 6) is 1.73. The van der Waals surface area contributed by atoms with Gasteiger partial charge in [0.2, 0.25) is 0 Å². The standard InChI is InChI=1S/C22H31N5O2S/c1-22(2,3)30(29)14-16-6-4-8-18(12-16)24-21(28)26-11-5-7-17(13-26)20-25-23-15-27(20)19-9-10-19/h4,6,8,12,15,17,19H,5,7,9-11,13-14H2,1-3H3,(H,24,28). The number of nitrogens with one attached hydrogen (secondary N) is 1. The molecule has 4 rings (SSSR count). The highest BCUT2D eigenvalue weighted by molar-refractivity contribution is 7.85. The number of carbonyl (C=O) groups excluding carboxylic acids is 1. The monoisotopic (exact) mass is 429 g/mol. The number of anilines is 1. The molecule has 1 N–H and O–H groups in total. The summed E-state index contributed by atoms with van der Waals surface area (Å²) in [6.07, 6.45) is 6.21. The lowest BCUT2D eigenvalue weighted by Crippen LogP contribution is -2.42. The van der Waals surface area contributed by atoms with Crippen molar-refractivity contribution >= 4 is 22.5 Å². The predicted octanol–water partition coefficient (Wildman–Crippen LogP) is 4.07. The van der Waals surface area contributed by atoms with E-state index < -0.39 is 10.8 Å². The van der Waals surface area contributed by atoms with E-state index in [2.05, 4.69) is 20.1 Å². The zero-order valence-electron chi connectivity index (χ0n) is 18.0. The maximum Gasteiger partial charge on any atom is 0.321 e. The first kappa shape index (κ1) is 21.0. The van der Waals surface area contributed by atoms with E-state index >= 15 is 0 Å². The lowest BCUT2D eigenvalue weighted by molar-refractivity contribution is 0.190. The molecule has 162 valence electrons. The van der Waals surface area contributed by atoms with Crippen LogP contribution in [0.3, 0.4) is 0 Å². The summed E-state index contributed by atoms with van der Waals surface area (Å²) in [7, 11) is -0.975. The number of piperidine rings is 1. The van der Waals surface area contributed by atoms with Crippen LogP contribution in [0.15, 0.2) is 30.6 Å². The van der Waals surface area contributed by atoms with Crippen molar-refractivity contribution in [2.45, 2.75) is 68.9 Å². The van der Waals surface area contributed by atoms with Crippen LogP contribution in [0.1, 0.15) is 69.8 Å². The molecule has 0 radical (unpaired) electrons. The Morgan fingerprint density at radius 1 is 1.27 bits per heavy atom. The van der Waals surface area contributed by atoms with Crippen molar-refractivity contribution in [2.75, 3.05) is 18.4 Å². The Morgan fingerprint density at radius 3 is 2.80 bits per heavy atom. The quantitative estimate of drug-likeness (QED) is 0.777. The van der Waals surface area contributed by atoms with Gasteiger partial charge >= 0.3 is 6.03 Å². The maximum atomic E-state index is 12.9. The highest BCUT2D eigenvalue weighted by Gasteiger charge is 2.32. The lowest BCUT2D eigenvalue weighted by atomic mass is 9.97. The number of amides is 2. The smallest absolute Gasteiger partial charge is 0.321 e. The second kappa shape index (κ2) is 8.49. The molecule has 2 atom stereocenters. The highest BCUT2D eigenvalue weighted by atomic mass is 32.2. The Balaban J connectivity index is 1.39. The van der Waals surface area contributed by atoms with Crippen molar-refractivity contribution in [2.24, 2.45) is 0 Å². The zero-order valence-corrected chi connectivity index (χ0v) is 18.8. The molecule has 1 saturated heterocycles. The van der Waals surface area contributed by atoms with Crippen LogP contribution in [-0.4, -0.2) is 47.7 Å². The van der Waals surface area contributed by atoms with Crippen LogP contribution in [0, 0.1) is 0 Å². The number of nitrogens with zero attached hydrogens (tertiary/aromatic N) is 4. The highest BCUT2D eigenvalue weighted by Crippen LogP contribution is 2.38. The van der Waals surface area contributed by atoms with Gasteiger partial charge in [-0.05, 0) is 64.2 Å². The molecule has 30 heavy (non-hydrogen) atoms. The van der Waals surface area contributed by atoms with E-state index in [9.17, 15) is 9.00 Å². The summed E-state index contributed by atoms with van der Waals surface area (Å²) in [4.78, 5) is 14.8. The molecule has 1 aromatic carbocycles. The second-order valence-electron chi connectivity index (χ2n) is 9.35. The third-order valence-electron chi connectivity index (χ3n) is 5.77. The molecule has 2 heterocycles. The lowest BCUT2D eigenvalue weighted by Gasteiger charge is -2.32. The first-order valence-corrected chi connectivity index (χ1v) is 12.1. The molecular formula is C22H31N5O2S. The minimum atomic E-state index is -0.975. The van der Waals surface area contributed by atoms with Gasteiger partial charge < -0.3 is 14.8 Å². The predicted molar refractivity (Wildman–Crippen MR) is 119 cm³/mol. The fourth-order valence-corrected chi connectivity index (χ4v) is 4.77. The van der Waals surface area contributed by atoms with E-state index in [0.29, 0.717) is 18.3 Å². The number of aromatic nitrogens is 3. The van der Waals surface area contributed by atoms with Crippen LogP contribution in [0.5, 0.6) is 0 Å². The van der Waals surface area contributed by atoms with Gasteiger partial charge in [0.15, 0.2) is 0 Å². The summed E-state index contributed by atoms with van der Waals surface area (Å²) in [5.41, 5.74) is 1.71. The van der Waals surface area contributed by atoms with Gasteiger partial charge in [-0.2, -0.15) is 0 Å². The molecule has 8 heteroatoms. The van der Waals surface area contributed by atoms with E-state index in [4.69, 9.17) is 0 Å². The third kappa shape index (κ3) is 4.91. The van der Waals surface area contributed by atoms with E-state index in [1.54, 1.807) is 0 Å². The molecule has 1 aliphatic carbocycles. The fraction of sp³-hybridized carbons (Fsp3) is 0.591. The van der Waals surface area contributed by atoms with Crippen LogP contribution in [0.25, 0.3) is 0 Å². The topological polar surface area (TPSA) is 80.1 Å². The molecular weight excluding hydrogens is 398 g/mol. The molecule has 2 aromatic rings. The van der Waals surface area contributed by atoms with Crippen LogP contribution in [-0.2, 0) is 16.6 Å². The Kier molecular flexibility index (Phi) is 5.95. The molecule has 1 aromatic heterocycles. The zero-order chi connectivity index (χ0) is 21.3. The molecule has 1 aliphatic heterocycles. The normalized spacial score (nSPS) is 20.8. The average Bonchev–Trinajstić information content (AvgIpc) is 3.44. The molecule has 1 saturated carbocycles. The van der Waals surface area contributed by atoms with E-state index in [1.165, 1.54) is 12.8 Å². The van der Waals surface area contributed by atoms with E-state index in [0.717, 1.165) is 36.5 Å². The SMILES string of the molecule is CC(C)(C)S(=O)Cc1cccc(NC(=O)N2CCCC(c3nncn3C3CC3)C2)c1. The first-order valence-electron chi connectivity index (χ1n) is 10.7. The molecule has 0 bridgehead atoms. The second-order valence-corrected chi connectivity index (χ2v) is 11.5. The van der Waals surface area contributed by atoms with Crippen LogP contribution < -0.4 is 5.32 Å². The molecule has 0 spiro atoms. The summed E-state index contributed by atoms with van der Waals surface area (Å²) >= 11 is 0. The molecule has 2 unspecified atom stereocenters. The van der Waals surface area contributed by atoms with Gasteiger partial charge in [0.25, 0.3) is 0 Å². The minimum Gasteiger partial charge on any atom is -0.324 e. The van der Waals surface area contributed by atoms with Crippen molar-refractivity contribution in [1.82, 2.24) is 19.7 Å². The van der Waals surface area contributed by atoms with Gasteiger partial charge in [-0.15, -0.1) is 10.2 Å². The minimum absolute atomic E-state index is 0.0914. The largest absolute Gasteiger partial charge is 0.324 e. The summed E-state index contributed by atoms with van der Waals surface area (Å²) in [5, 5.41) is 11.5. The number of hydrogen-bond donors (Lipinski definition) is 1. The first-order chi connectivity index (χ1) is 14.3. The Hall–Kier alpha value is -2.22. The maximum absolute atomic E-state index is 12.9. The van der Waals surface area contributed by atoms with E-state index in [-0.39, 0.29) is 16.7 Å². The Morgan fingerprint density at radius 2 is 2.07 bits per heavy atom. The van der Waals surface area contributed by atoms with Gasteiger partial charge in [0.05, 0.1) is 0 Å². The summed E-state index contributed by atoms with van der Waals surface area (Å²) < 4.78 is 14.4. The van der Waals surface area contributed by atoms with E-state index in [1.807, 2.05) is 56.3 Å². The van der Waals surface area contributed by atoms with Gasteiger partial charge in [-0.25, -0.2) is 4.79 Å². The molecule has 2 fully saturated rings. The van der Waals surface area contributed by atoms with Crippen molar-refractivity contribution in [1.29, 1.82) is 0 Å². The average molecular weight is 430 g/mol. The van der Waals surface area contributed by atoms with Gasteiger partial charge in [-0.3, -0.25) is 4.21 Å². The number of rotatable bonds is 5. The third-order valence-corrected chi connectivity index (χ3v) is 7.74.